The number of hydrogen-bond acceptors (Lipinski definition) is 7. The molecule has 2 amide bonds. The van der Waals surface area contributed by atoms with Crippen molar-refractivity contribution in [1.29, 1.82) is 0 Å². The number of methoxy groups -OCH3 is 1. The van der Waals surface area contributed by atoms with E-state index in [2.05, 4.69) is 5.32 Å². The van der Waals surface area contributed by atoms with Gasteiger partial charge in [0, 0.05) is 19.2 Å². The molecule has 1 heterocycles. The van der Waals surface area contributed by atoms with Gasteiger partial charge in [-0.1, -0.05) is 19.1 Å². The lowest BCUT2D eigenvalue weighted by Crippen LogP contribution is -2.51. The molecule has 1 aliphatic rings. The van der Waals surface area contributed by atoms with Gasteiger partial charge in [-0.3, -0.25) is 13.9 Å². The summed E-state index contributed by atoms with van der Waals surface area (Å²) in [5.74, 6) is 0.527. The Kier molecular flexibility index (Phi) is 9.03. The molecule has 10 nitrogen and oxygen atoms in total. The van der Waals surface area contributed by atoms with Crippen LogP contribution in [0.4, 0.5) is 5.69 Å². The SMILES string of the molecule is CCCNC(=O)C(C)N(Cc1ccc(OC)cc1)C(=O)CN(c1ccc2c(c1)OCO2)S(=O)(=O)CC. The average Bonchev–Trinajstić information content (AvgIpc) is 3.36. The number of rotatable bonds is 12. The number of amides is 2. The van der Waals surface area contributed by atoms with Crippen LogP contribution in [0.5, 0.6) is 17.2 Å². The van der Waals surface area contributed by atoms with Crippen LogP contribution in [0, 0.1) is 0 Å². The Morgan fingerprint density at radius 3 is 2.42 bits per heavy atom. The molecule has 2 aromatic carbocycles. The first-order valence-electron chi connectivity index (χ1n) is 11.8. The summed E-state index contributed by atoms with van der Waals surface area (Å²) in [4.78, 5) is 27.8. The van der Waals surface area contributed by atoms with Gasteiger partial charge < -0.3 is 24.4 Å². The van der Waals surface area contributed by atoms with Crippen molar-refractivity contribution in [3.63, 3.8) is 0 Å². The first-order chi connectivity index (χ1) is 17.2. The molecule has 1 N–H and O–H groups in total. The van der Waals surface area contributed by atoms with Crippen molar-refractivity contribution in [2.24, 2.45) is 0 Å². The number of fused-ring (bicyclic) bond motifs is 1. The molecule has 3 rings (SSSR count). The lowest BCUT2D eigenvalue weighted by atomic mass is 10.1. The molecule has 0 aliphatic carbocycles. The Morgan fingerprint density at radius 1 is 1.08 bits per heavy atom. The lowest BCUT2D eigenvalue weighted by Gasteiger charge is -2.32. The topological polar surface area (TPSA) is 114 Å². The van der Waals surface area contributed by atoms with Crippen LogP contribution in [-0.4, -0.2) is 63.9 Å². The van der Waals surface area contributed by atoms with Gasteiger partial charge in [-0.05, 0) is 50.1 Å². The van der Waals surface area contributed by atoms with E-state index in [1.807, 2.05) is 6.92 Å². The Hall–Kier alpha value is -3.47. The molecule has 1 aliphatic heterocycles. The van der Waals surface area contributed by atoms with Crippen LogP contribution in [0.3, 0.4) is 0 Å². The number of carbonyl (C=O) groups is 2. The Balaban J connectivity index is 1.92. The number of ether oxygens (including phenoxy) is 3. The molecule has 2 aromatic rings. The average molecular weight is 520 g/mol. The van der Waals surface area contributed by atoms with Crippen molar-refractivity contribution in [3.05, 3.63) is 48.0 Å². The van der Waals surface area contributed by atoms with E-state index < -0.39 is 28.5 Å². The van der Waals surface area contributed by atoms with Gasteiger partial charge in [0.25, 0.3) is 0 Å². The summed E-state index contributed by atoms with van der Waals surface area (Å²) in [5.41, 5.74) is 1.05. The van der Waals surface area contributed by atoms with Crippen molar-refractivity contribution in [1.82, 2.24) is 10.2 Å². The van der Waals surface area contributed by atoms with Crippen LogP contribution in [0.25, 0.3) is 0 Å². The molecule has 1 unspecified atom stereocenters. The van der Waals surface area contributed by atoms with Gasteiger partial charge in [-0.2, -0.15) is 0 Å². The highest BCUT2D eigenvalue weighted by Crippen LogP contribution is 2.36. The number of sulfonamides is 1. The third-order valence-electron chi connectivity index (χ3n) is 5.85. The van der Waals surface area contributed by atoms with Crippen LogP contribution in [0.15, 0.2) is 42.5 Å². The second-order valence-corrected chi connectivity index (χ2v) is 10.5. The molecule has 0 spiro atoms. The predicted octanol–water partition coefficient (Wildman–Crippen LogP) is 2.52. The zero-order chi connectivity index (χ0) is 26.3. The van der Waals surface area contributed by atoms with Gasteiger partial charge in [0.2, 0.25) is 28.6 Å². The monoisotopic (exact) mass is 519 g/mol. The van der Waals surface area contributed by atoms with E-state index in [9.17, 15) is 18.0 Å². The minimum Gasteiger partial charge on any atom is -0.497 e. The van der Waals surface area contributed by atoms with Crippen LogP contribution in [0.2, 0.25) is 0 Å². The largest absolute Gasteiger partial charge is 0.497 e. The maximum absolute atomic E-state index is 13.6. The Labute approximate surface area is 212 Å². The van der Waals surface area contributed by atoms with Crippen LogP contribution >= 0.6 is 0 Å². The fourth-order valence-corrected chi connectivity index (χ4v) is 4.72. The molecular formula is C25H33N3O7S. The number of benzene rings is 2. The van der Waals surface area contributed by atoms with E-state index in [0.717, 1.165) is 16.3 Å². The van der Waals surface area contributed by atoms with Crippen LogP contribution in [0.1, 0.15) is 32.8 Å². The second kappa shape index (κ2) is 12.0. The molecule has 0 saturated heterocycles. The quantitative estimate of drug-likeness (QED) is 0.458. The molecule has 0 bridgehead atoms. The first kappa shape index (κ1) is 27.1. The van der Waals surface area contributed by atoms with Crippen molar-refractivity contribution in [2.45, 2.75) is 39.8 Å². The van der Waals surface area contributed by atoms with Crippen molar-refractivity contribution in [3.8, 4) is 17.2 Å². The maximum Gasteiger partial charge on any atom is 0.244 e. The zero-order valence-corrected chi connectivity index (χ0v) is 21.8. The van der Waals surface area contributed by atoms with E-state index >= 15 is 0 Å². The van der Waals surface area contributed by atoms with Gasteiger partial charge in [-0.15, -0.1) is 0 Å². The van der Waals surface area contributed by atoms with E-state index in [1.165, 1.54) is 17.9 Å². The summed E-state index contributed by atoms with van der Waals surface area (Å²) >= 11 is 0. The summed E-state index contributed by atoms with van der Waals surface area (Å²) in [7, 11) is -2.27. The standard InChI is InChI=1S/C25H33N3O7S/c1-5-13-26-25(30)18(3)27(15-19-7-10-21(33-4)11-8-19)24(29)16-28(36(31,32)6-2)20-9-12-22-23(14-20)35-17-34-22/h7-12,14,18H,5-6,13,15-17H2,1-4H3,(H,26,30). The molecule has 196 valence electrons. The van der Waals surface area contributed by atoms with E-state index in [1.54, 1.807) is 50.4 Å². The summed E-state index contributed by atoms with van der Waals surface area (Å²) in [6, 6.07) is 11.0. The number of anilines is 1. The number of hydrogen-bond donors (Lipinski definition) is 1. The Bertz CT molecular complexity index is 1170. The highest BCUT2D eigenvalue weighted by molar-refractivity contribution is 7.92. The number of nitrogens with one attached hydrogen (secondary N) is 1. The van der Waals surface area contributed by atoms with Crippen LogP contribution < -0.4 is 23.8 Å². The normalized spacial score (nSPS) is 13.1. The molecule has 36 heavy (non-hydrogen) atoms. The smallest absolute Gasteiger partial charge is 0.244 e. The summed E-state index contributed by atoms with van der Waals surface area (Å²) < 4.78 is 43.0. The lowest BCUT2D eigenvalue weighted by molar-refractivity contribution is -0.139. The highest BCUT2D eigenvalue weighted by Gasteiger charge is 2.31. The van der Waals surface area contributed by atoms with Crippen molar-refractivity contribution < 1.29 is 32.2 Å². The van der Waals surface area contributed by atoms with Gasteiger partial charge in [0.15, 0.2) is 11.5 Å². The molecular weight excluding hydrogens is 486 g/mol. The fraction of sp³-hybridized carbons (Fsp3) is 0.440. The highest BCUT2D eigenvalue weighted by atomic mass is 32.2. The van der Waals surface area contributed by atoms with Gasteiger partial charge in [0.05, 0.1) is 18.6 Å². The molecule has 1 atom stereocenters. The molecule has 0 aromatic heterocycles. The van der Waals surface area contributed by atoms with E-state index in [4.69, 9.17) is 14.2 Å². The van der Waals surface area contributed by atoms with E-state index in [-0.39, 0.29) is 30.7 Å². The summed E-state index contributed by atoms with van der Waals surface area (Å²) in [5, 5.41) is 2.81. The minimum atomic E-state index is -3.83. The Morgan fingerprint density at radius 2 is 1.78 bits per heavy atom. The first-order valence-corrected chi connectivity index (χ1v) is 13.4. The molecule has 11 heteroatoms. The van der Waals surface area contributed by atoms with Gasteiger partial charge in [0.1, 0.15) is 18.3 Å². The van der Waals surface area contributed by atoms with Crippen LogP contribution in [-0.2, 0) is 26.2 Å². The second-order valence-electron chi connectivity index (χ2n) is 8.28. The fourth-order valence-electron chi connectivity index (χ4n) is 3.67. The van der Waals surface area contributed by atoms with Crippen molar-refractivity contribution in [2.75, 3.05) is 37.1 Å². The van der Waals surface area contributed by atoms with E-state index in [0.29, 0.717) is 23.8 Å². The maximum atomic E-state index is 13.6. The molecule has 0 saturated carbocycles. The zero-order valence-electron chi connectivity index (χ0n) is 21.0. The number of carbonyl (C=O) groups excluding carboxylic acids is 2. The molecule has 0 radical (unpaired) electrons. The summed E-state index contributed by atoms with van der Waals surface area (Å²) in [6.07, 6.45) is 0.748. The van der Waals surface area contributed by atoms with Gasteiger partial charge >= 0.3 is 0 Å². The van der Waals surface area contributed by atoms with Gasteiger partial charge in [-0.25, -0.2) is 8.42 Å². The summed E-state index contributed by atoms with van der Waals surface area (Å²) in [6.45, 7) is 5.23. The third kappa shape index (κ3) is 6.39. The number of nitrogens with zero attached hydrogens (tertiary/aromatic N) is 2. The third-order valence-corrected chi connectivity index (χ3v) is 7.59. The minimum absolute atomic E-state index is 0.0400. The molecule has 0 fully saturated rings. The predicted molar refractivity (Wildman–Crippen MR) is 136 cm³/mol. The van der Waals surface area contributed by atoms with Crippen molar-refractivity contribution >= 4 is 27.5 Å².